The summed E-state index contributed by atoms with van der Waals surface area (Å²) < 4.78 is 11.1. The van der Waals surface area contributed by atoms with E-state index in [9.17, 15) is 40.5 Å². The van der Waals surface area contributed by atoms with Crippen LogP contribution in [0.5, 0.6) is 0 Å². The van der Waals surface area contributed by atoms with E-state index in [0.29, 0.717) is 12.8 Å². The lowest BCUT2D eigenvalue weighted by Crippen LogP contribution is -2.60. The monoisotopic (exact) mass is 1050 g/mol. The number of ether oxygens (including phenoxy) is 2. The summed E-state index contributed by atoms with van der Waals surface area (Å²) in [7, 11) is 0. The lowest BCUT2D eigenvalue weighted by molar-refractivity contribution is -0.303. The highest BCUT2D eigenvalue weighted by atomic mass is 16.7. The van der Waals surface area contributed by atoms with E-state index in [2.05, 4.69) is 31.3 Å². The van der Waals surface area contributed by atoms with Gasteiger partial charge < -0.3 is 50.5 Å². The average molecular weight is 1050 g/mol. The number of carbonyl (C=O) groups is 1. The largest absolute Gasteiger partial charge is 0.394 e. The average Bonchev–Trinajstić information content (AvgIpc) is 3.40. The Morgan fingerprint density at radius 2 is 0.797 bits per heavy atom. The second-order valence-electron chi connectivity index (χ2n) is 22.8. The quantitative estimate of drug-likeness (QED) is 0.0215. The molecule has 11 heteroatoms. The van der Waals surface area contributed by atoms with Gasteiger partial charge in [-0.3, -0.25) is 4.79 Å². The molecule has 1 aliphatic rings. The van der Waals surface area contributed by atoms with Gasteiger partial charge in [0.05, 0.1) is 25.4 Å². The van der Waals surface area contributed by atoms with E-state index >= 15 is 0 Å². The van der Waals surface area contributed by atoms with Crippen LogP contribution in [0.3, 0.4) is 0 Å². The third kappa shape index (κ3) is 40.1. The van der Waals surface area contributed by atoms with Crippen LogP contribution < -0.4 is 5.32 Å². The Hall–Kier alpha value is -1.15. The van der Waals surface area contributed by atoms with Crippen LogP contribution in [0.4, 0.5) is 0 Å². The molecule has 11 nitrogen and oxygen atoms in total. The molecule has 9 atom stereocenters. The molecule has 0 aliphatic carbocycles. The van der Waals surface area contributed by atoms with Gasteiger partial charge in [-0.1, -0.05) is 289 Å². The number of aliphatic hydroxyl groups excluding tert-OH is 7. The number of carbonyl (C=O) groups excluding carboxylic acids is 1. The molecule has 0 bridgehead atoms. The Bertz CT molecular complexity index is 1210. The number of hydrogen-bond donors (Lipinski definition) is 8. The summed E-state index contributed by atoms with van der Waals surface area (Å²) in [5, 5.41) is 76.1. The van der Waals surface area contributed by atoms with Crippen LogP contribution in [-0.4, -0.2) is 110 Å². The molecule has 1 aliphatic heterocycles. The Balaban J connectivity index is 2.14. The summed E-state index contributed by atoms with van der Waals surface area (Å²) in [6.07, 6.45) is 51.7. The zero-order valence-electron chi connectivity index (χ0n) is 48.4. The van der Waals surface area contributed by atoms with Gasteiger partial charge in [0, 0.05) is 0 Å². The molecule has 8 N–H and O–H groups in total. The van der Waals surface area contributed by atoms with Gasteiger partial charge in [-0.15, -0.1) is 0 Å². The number of hydrogen-bond acceptors (Lipinski definition) is 10. The maximum absolute atomic E-state index is 13.2. The van der Waals surface area contributed by atoms with Gasteiger partial charge in [-0.25, -0.2) is 0 Å². The minimum atomic E-state index is -1.66. The first-order chi connectivity index (χ1) is 36.2. The number of nitrogens with one attached hydrogen (secondary N) is 1. The van der Waals surface area contributed by atoms with E-state index in [-0.39, 0.29) is 12.8 Å². The highest BCUT2D eigenvalue weighted by Gasteiger charge is 2.44. The molecule has 9 unspecified atom stereocenters. The smallest absolute Gasteiger partial charge is 0.249 e. The van der Waals surface area contributed by atoms with Crippen molar-refractivity contribution in [3.8, 4) is 0 Å². The van der Waals surface area contributed by atoms with E-state index in [0.717, 1.165) is 38.5 Å². The van der Waals surface area contributed by atoms with Gasteiger partial charge in [-0.2, -0.15) is 0 Å². The van der Waals surface area contributed by atoms with Crippen LogP contribution in [-0.2, 0) is 14.3 Å². The molecule has 0 radical (unpaired) electrons. The van der Waals surface area contributed by atoms with E-state index in [1.165, 1.54) is 238 Å². The maximum atomic E-state index is 13.2. The predicted molar refractivity (Wildman–Crippen MR) is 307 cm³/mol. The Morgan fingerprint density at radius 1 is 0.459 bits per heavy atom. The number of amides is 1. The molecule has 0 aromatic heterocycles. The predicted octanol–water partition coefficient (Wildman–Crippen LogP) is 14.3. The summed E-state index contributed by atoms with van der Waals surface area (Å²) in [6, 6.07) is -1.18. The first kappa shape index (κ1) is 70.9. The van der Waals surface area contributed by atoms with Crippen molar-refractivity contribution in [2.24, 2.45) is 0 Å². The normalized spacial score (nSPS) is 19.8. The summed E-state index contributed by atoms with van der Waals surface area (Å²) in [5.74, 6) is -0.700. The second kappa shape index (κ2) is 52.5. The second-order valence-corrected chi connectivity index (χ2v) is 22.8. The van der Waals surface area contributed by atoms with E-state index in [1.54, 1.807) is 0 Å². The molecule has 0 aromatic carbocycles. The van der Waals surface area contributed by atoms with Crippen LogP contribution in [0.25, 0.3) is 0 Å². The molecule has 0 spiro atoms. The van der Waals surface area contributed by atoms with E-state index < -0.39 is 74.2 Å². The number of unbranched alkanes of at least 4 members (excludes halogenated alkanes) is 42. The summed E-state index contributed by atoms with van der Waals surface area (Å²) in [6.45, 7) is 3.46. The van der Waals surface area contributed by atoms with Crippen molar-refractivity contribution in [3.05, 3.63) is 12.2 Å². The van der Waals surface area contributed by atoms with Crippen molar-refractivity contribution in [1.29, 1.82) is 0 Å². The van der Waals surface area contributed by atoms with Gasteiger partial charge in [0.2, 0.25) is 5.91 Å². The third-order valence-corrected chi connectivity index (χ3v) is 15.8. The fraction of sp³-hybridized carbons (Fsp3) is 0.952. The van der Waals surface area contributed by atoms with E-state index in [1.807, 2.05) is 0 Å². The molecule has 0 saturated carbocycles. The summed E-state index contributed by atoms with van der Waals surface area (Å²) in [4.78, 5) is 13.2. The minimum Gasteiger partial charge on any atom is -0.394 e. The molecule has 0 aromatic rings. The molecular formula is C63H123NO10. The fourth-order valence-electron chi connectivity index (χ4n) is 10.6. The van der Waals surface area contributed by atoms with Crippen LogP contribution >= 0.6 is 0 Å². The van der Waals surface area contributed by atoms with Gasteiger partial charge in [-0.05, 0) is 38.5 Å². The van der Waals surface area contributed by atoms with E-state index in [4.69, 9.17) is 9.47 Å². The molecular weight excluding hydrogens is 931 g/mol. The first-order valence-electron chi connectivity index (χ1n) is 32.1. The van der Waals surface area contributed by atoms with Crippen LogP contribution in [0.2, 0.25) is 0 Å². The van der Waals surface area contributed by atoms with Crippen LogP contribution in [0.15, 0.2) is 12.2 Å². The van der Waals surface area contributed by atoms with Crippen molar-refractivity contribution in [2.75, 3.05) is 13.2 Å². The van der Waals surface area contributed by atoms with Gasteiger partial charge in [0.1, 0.15) is 36.6 Å². The maximum Gasteiger partial charge on any atom is 0.249 e. The highest BCUT2D eigenvalue weighted by molar-refractivity contribution is 5.80. The van der Waals surface area contributed by atoms with Crippen molar-refractivity contribution >= 4 is 5.91 Å². The zero-order chi connectivity index (χ0) is 54.0. The molecule has 1 heterocycles. The van der Waals surface area contributed by atoms with Crippen molar-refractivity contribution < 1.29 is 50.0 Å². The molecule has 440 valence electrons. The fourth-order valence-corrected chi connectivity index (χ4v) is 10.6. The molecule has 1 fully saturated rings. The number of rotatable bonds is 56. The first-order valence-corrected chi connectivity index (χ1v) is 32.1. The third-order valence-electron chi connectivity index (χ3n) is 15.8. The van der Waals surface area contributed by atoms with Crippen LogP contribution in [0.1, 0.15) is 316 Å². The lowest BCUT2D eigenvalue weighted by atomic mass is 9.98. The molecule has 1 rings (SSSR count). The Kier molecular flexibility index (Phi) is 50.3. The molecule has 1 amide bonds. The van der Waals surface area contributed by atoms with Crippen LogP contribution in [0, 0.1) is 0 Å². The number of allylic oxidation sites excluding steroid dienone is 2. The summed E-state index contributed by atoms with van der Waals surface area (Å²) in [5.41, 5.74) is 0. The Labute approximate surface area is 455 Å². The van der Waals surface area contributed by atoms with Gasteiger partial charge in [0.25, 0.3) is 0 Å². The standard InChI is InChI=1S/C63H123NO10/c1-3-5-7-9-11-13-15-17-18-19-20-21-22-23-24-25-26-27-28-29-30-31-32-33-34-35-36-37-39-41-43-45-47-49-51-56(67)62(72)64-54(53-73-63-61(71)60(70)59(69)57(52-65)74-63)58(68)55(66)50-48-46-44-42-40-38-16-14-12-10-8-6-4-2/h42,44,54-61,63,65-71H,3-41,43,45-53H2,1-2H3,(H,64,72)/b44-42+. The summed E-state index contributed by atoms with van der Waals surface area (Å²) >= 11 is 0. The minimum absolute atomic E-state index is 0.260. The van der Waals surface area contributed by atoms with Crippen molar-refractivity contribution in [3.63, 3.8) is 0 Å². The molecule has 74 heavy (non-hydrogen) atoms. The SMILES string of the molecule is CCCCCCCCCC/C=C/CCCC(O)C(O)C(COC1OC(CO)C(O)C(O)C1O)NC(=O)C(O)CCCCCCCCCCCCCCCCCCCCCCCCCCCCCCCCCCCC. The lowest BCUT2D eigenvalue weighted by Gasteiger charge is -2.40. The zero-order valence-corrected chi connectivity index (χ0v) is 48.4. The van der Waals surface area contributed by atoms with Crippen molar-refractivity contribution in [1.82, 2.24) is 5.32 Å². The van der Waals surface area contributed by atoms with Gasteiger partial charge in [0.15, 0.2) is 6.29 Å². The number of aliphatic hydroxyl groups is 7. The van der Waals surface area contributed by atoms with Gasteiger partial charge >= 0.3 is 0 Å². The molecule has 1 saturated heterocycles. The van der Waals surface area contributed by atoms with Crippen molar-refractivity contribution in [2.45, 2.75) is 371 Å². The Morgan fingerprint density at radius 3 is 1.16 bits per heavy atom. The topological polar surface area (TPSA) is 189 Å². The highest BCUT2D eigenvalue weighted by Crippen LogP contribution is 2.24.